The van der Waals surface area contributed by atoms with E-state index in [-0.39, 0.29) is 0 Å². The molecule has 0 atom stereocenters. The predicted octanol–water partition coefficient (Wildman–Crippen LogP) is 2.99. The van der Waals surface area contributed by atoms with E-state index in [0.717, 1.165) is 22.8 Å². The van der Waals surface area contributed by atoms with Gasteiger partial charge in [0, 0.05) is 24.6 Å². The molecular formula is C20H15ClN6O2. The van der Waals surface area contributed by atoms with Crippen LogP contribution in [-0.2, 0) is 17.9 Å². The lowest BCUT2D eigenvalue weighted by molar-refractivity contribution is 0.174. The van der Waals surface area contributed by atoms with Crippen LogP contribution in [0.1, 0.15) is 28.9 Å². The summed E-state index contributed by atoms with van der Waals surface area (Å²) in [5.41, 5.74) is 3.34. The number of rotatable bonds is 2. The van der Waals surface area contributed by atoms with Crippen LogP contribution < -0.4 is 0 Å². The zero-order chi connectivity index (χ0) is 20.0. The molecule has 4 aromatic rings. The smallest absolute Gasteiger partial charge is 0.197 e. The van der Waals surface area contributed by atoms with E-state index < -0.39 is 0 Å². The molecular weight excluding hydrogens is 392 g/mol. The van der Waals surface area contributed by atoms with Gasteiger partial charge in [-0.2, -0.15) is 0 Å². The number of ether oxygens (including phenoxy) is 1. The van der Waals surface area contributed by atoms with E-state index in [9.17, 15) is 0 Å². The molecule has 0 saturated carbocycles. The maximum absolute atomic E-state index is 6.27. The van der Waals surface area contributed by atoms with Crippen LogP contribution in [0.3, 0.4) is 0 Å². The van der Waals surface area contributed by atoms with Crippen LogP contribution in [0.2, 0.25) is 5.02 Å². The average molecular weight is 407 g/mol. The molecule has 8 nitrogen and oxygen atoms in total. The van der Waals surface area contributed by atoms with Crippen LogP contribution >= 0.6 is 11.6 Å². The monoisotopic (exact) mass is 406 g/mol. The number of benzene rings is 1. The van der Waals surface area contributed by atoms with E-state index in [0.29, 0.717) is 41.3 Å². The fourth-order valence-corrected chi connectivity index (χ4v) is 3.53. The standard InChI is InChI=1S/C20H15ClN6O2/c1-12-22-8-14(29-12)4-5-16-18-9-26-19(10-28-2)24-25-20(26)15-7-13(21)3-6-17(15)27(18)11-23-16/h3,6-8,11H,9-10H2,1-2H3. The summed E-state index contributed by atoms with van der Waals surface area (Å²) in [5, 5.41) is 9.31. The van der Waals surface area contributed by atoms with Crippen molar-refractivity contribution in [2.75, 3.05) is 7.11 Å². The van der Waals surface area contributed by atoms with Crippen LogP contribution in [0.4, 0.5) is 0 Å². The third-order valence-electron chi connectivity index (χ3n) is 4.66. The second-order valence-electron chi connectivity index (χ2n) is 6.52. The van der Waals surface area contributed by atoms with E-state index in [2.05, 4.69) is 32.0 Å². The Morgan fingerprint density at radius 1 is 1.24 bits per heavy atom. The first kappa shape index (κ1) is 17.7. The number of oxazole rings is 1. The number of imidazole rings is 1. The zero-order valence-electron chi connectivity index (χ0n) is 15.7. The molecule has 29 heavy (non-hydrogen) atoms. The van der Waals surface area contributed by atoms with Crippen molar-refractivity contribution in [3.63, 3.8) is 0 Å². The van der Waals surface area contributed by atoms with Gasteiger partial charge in [-0.05, 0) is 30.0 Å². The predicted molar refractivity (Wildman–Crippen MR) is 105 cm³/mol. The molecule has 1 aromatic carbocycles. The van der Waals surface area contributed by atoms with E-state index in [1.807, 2.05) is 27.3 Å². The molecule has 0 spiro atoms. The van der Waals surface area contributed by atoms with E-state index in [1.54, 1.807) is 26.6 Å². The molecule has 0 bridgehead atoms. The van der Waals surface area contributed by atoms with Crippen LogP contribution in [0.25, 0.3) is 17.1 Å². The molecule has 9 heteroatoms. The van der Waals surface area contributed by atoms with Crippen molar-refractivity contribution in [3.05, 3.63) is 64.6 Å². The van der Waals surface area contributed by atoms with Gasteiger partial charge in [-0.15, -0.1) is 10.2 Å². The third-order valence-corrected chi connectivity index (χ3v) is 4.89. The summed E-state index contributed by atoms with van der Waals surface area (Å²) in [6.45, 7) is 2.61. The molecule has 4 heterocycles. The summed E-state index contributed by atoms with van der Waals surface area (Å²) in [6, 6.07) is 5.67. The van der Waals surface area contributed by atoms with Gasteiger partial charge in [-0.1, -0.05) is 11.6 Å². The van der Waals surface area contributed by atoms with Gasteiger partial charge in [0.05, 0.1) is 24.1 Å². The number of aryl methyl sites for hydroxylation is 1. The number of aromatic nitrogens is 6. The lowest BCUT2D eigenvalue weighted by atomic mass is 10.1. The minimum atomic E-state index is 0.343. The Morgan fingerprint density at radius 3 is 2.93 bits per heavy atom. The Kier molecular flexibility index (Phi) is 4.19. The summed E-state index contributed by atoms with van der Waals surface area (Å²) in [6.07, 6.45) is 3.36. The topological polar surface area (TPSA) is 83.8 Å². The van der Waals surface area contributed by atoms with E-state index in [1.165, 1.54) is 0 Å². The maximum atomic E-state index is 6.27. The summed E-state index contributed by atoms with van der Waals surface area (Å²) >= 11 is 6.27. The fraction of sp³-hybridized carbons (Fsp3) is 0.200. The second kappa shape index (κ2) is 6.88. The summed E-state index contributed by atoms with van der Waals surface area (Å²) in [4.78, 5) is 8.59. The number of methoxy groups -OCH3 is 1. The lowest BCUT2D eigenvalue weighted by Crippen LogP contribution is -2.09. The molecule has 0 amide bonds. The van der Waals surface area contributed by atoms with Crippen LogP contribution in [0.15, 0.2) is 35.1 Å². The molecule has 0 unspecified atom stereocenters. The van der Waals surface area contributed by atoms with Crippen molar-refractivity contribution >= 4 is 11.6 Å². The van der Waals surface area contributed by atoms with Gasteiger partial charge < -0.3 is 13.7 Å². The number of nitrogens with zero attached hydrogens (tertiary/aromatic N) is 6. The molecule has 1 aliphatic heterocycles. The molecule has 1 aliphatic rings. The Hall–Kier alpha value is -3.41. The van der Waals surface area contributed by atoms with Crippen LogP contribution in [0.5, 0.6) is 0 Å². The van der Waals surface area contributed by atoms with Crippen molar-refractivity contribution < 1.29 is 9.15 Å². The molecule has 5 rings (SSSR count). The Balaban J connectivity index is 1.69. The van der Waals surface area contributed by atoms with Gasteiger partial charge in [-0.3, -0.25) is 4.57 Å². The minimum Gasteiger partial charge on any atom is -0.433 e. The normalized spacial score (nSPS) is 11.8. The van der Waals surface area contributed by atoms with E-state index >= 15 is 0 Å². The van der Waals surface area contributed by atoms with Gasteiger partial charge in [-0.25, -0.2) is 9.97 Å². The highest BCUT2D eigenvalue weighted by Gasteiger charge is 2.25. The molecule has 144 valence electrons. The summed E-state index contributed by atoms with van der Waals surface area (Å²) in [7, 11) is 1.63. The van der Waals surface area contributed by atoms with Gasteiger partial charge in [0.15, 0.2) is 23.3 Å². The zero-order valence-corrected chi connectivity index (χ0v) is 16.4. The number of fused-ring (bicyclic) bond motifs is 5. The first-order valence-electron chi connectivity index (χ1n) is 8.86. The SMILES string of the molecule is COCc1nnc2n1Cc1c(C#Cc3cnc(C)o3)ncn1-c1ccc(Cl)cc1-2. The quantitative estimate of drug-likeness (QED) is 0.419. The van der Waals surface area contributed by atoms with Gasteiger partial charge in [0.1, 0.15) is 18.6 Å². The minimum absolute atomic E-state index is 0.343. The van der Waals surface area contributed by atoms with Crippen molar-refractivity contribution in [2.24, 2.45) is 0 Å². The second-order valence-corrected chi connectivity index (χ2v) is 6.96. The Labute approximate surface area is 171 Å². The first-order chi connectivity index (χ1) is 14.1. The average Bonchev–Trinajstić information content (AvgIpc) is 3.39. The molecule has 3 aromatic heterocycles. The Bertz CT molecular complexity index is 1290. The van der Waals surface area contributed by atoms with Gasteiger partial charge >= 0.3 is 0 Å². The highest BCUT2D eigenvalue weighted by atomic mass is 35.5. The maximum Gasteiger partial charge on any atom is 0.197 e. The molecule has 0 fully saturated rings. The Morgan fingerprint density at radius 2 is 2.14 bits per heavy atom. The first-order valence-corrected chi connectivity index (χ1v) is 9.24. The number of halogens is 1. The third kappa shape index (κ3) is 3.01. The van der Waals surface area contributed by atoms with Crippen molar-refractivity contribution in [3.8, 4) is 28.9 Å². The number of hydrogen-bond acceptors (Lipinski definition) is 6. The fourth-order valence-electron chi connectivity index (χ4n) is 3.36. The summed E-state index contributed by atoms with van der Waals surface area (Å²) < 4.78 is 14.7. The van der Waals surface area contributed by atoms with Gasteiger partial charge in [0.2, 0.25) is 0 Å². The molecule has 0 saturated heterocycles. The molecule has 0 aliphatic carbocycles. The van der Waals surface area contributed by atoms with Crippen LogP contribution in [-0.4, -0.2) is 36.4 Å². The number of hydrogen-bond donors (Lipinski definition) is 0. The van der Waals surface area contributed by atoms with E-state index in [4.69, 9.17) is 20.8 Å². The highest BCUT2D eigenvalue weighted by Crippen LogP contribution is 2.34. The molecule has 0 radical (unpaired) electrons. The lowest BCUT2D eigenvalue weighted by Gasteiger charge is -2.08. The largest absolute Gasteiger partial charge is 0.433 e. The van der Waals surface area contributed by atoms with Crippen molar-refractivity contribution in [2.45, 2.75) is 20.1 Å². The van der Waals surface area contributed by atoms with Crippen molar-refractivity contribution in [1.82, 2.24) is 29.3 Å². The van der Waals surface area contributed by atoms with Gasteiger partial charge in [0.25, 0.3) is 0 Å². The van der Waals surface area contributed by atoms with Crippen molar-refractivity contribution in [1.29, 1.82) is 0 Å². The molecule has 0 N–H and O–H groups in total. The summed E-state index contributed by atoms with van der Waals surface area (Å²) in [5.74, 6) is 8.59. The highest BCUT2D eigenvalue weighted by molar-refractivity contribution is 6.31. The van der Waals surface area contributed by atoms with Crippen LogP contribution in [0, 0.1) is 18.8 Å².